The van der Waals surface area contributed by atoms with Gasteiger partial charge in [0.2, 0.25) is 18.4 Å². The molecule has 2 fully saturated rings. The molecule has 4 atom stereocenters. The Morgan fingerprint density at radius 2 is 1.86 bits per heavy atom. The number of hydrogen-bond acceptors (Lipinski definition) is 8. The predicted molar refractivity (Wildman–Crippen MR) is 160 cm³/mol. The molecule has 42 heavy (non-hydrogen) atoms. The van der Waals surface area contributed by atoms with E-state index in [-0.39, 0.29) is 37.3 Å². The average Bonchev–Trinajstić information content (AvgIpc) is 3.60. The summed E-state index contributed by atoms with van der Waals surface area (Å²) in [5.41, 5.74) is 0.837. The van der Waals surface area contributed by atoms with Crippen LogP contribution in [0.3, 0.4) is 0 Å². The molecule has 10 nitrogen and oxygen atoms in total. The van der Waals surface area contributed by atoms with Gasteiger partial charge < -0.3 is 33.9 Å². The molecule has 4 rings (SSSR count). The first-order chi connectivity index (χ1) is 20.3. The standard InChI is InChI=1S/C32H51N3O7/c1-5-6-15-34(16-9-8-14-33(2)3)29(36)21-35-20-25(23-18-27(39-4)31-28(19-23)41-22-42-31)30(32(37)38)26(35)13-12-24-11-7-10-17-40-24/h18-19,24-26,30H,5-17,20-22H2,1-4H3,(H,37,38)/t24?,25-,26+,30-/m1/s1. The number of carbonyl (C=O) groups is 2. The van der Waals surface area contributed by atoms with E-state index in [1.165, 1.54) is 0 Å². The van der Waals surface area contributed by atoms with Crippen LogP contribution in [0.2, 0.25) is 0 Å². The molecular formula is C32H51N3O7. The number of carbonyl (C=O) groups excluding carboxylic acids is 1. The fraction of sp³-hybridized carbons (Fsp3) is 0.750. The highest BCUT2D eigenvalue weighted by Crippen LogP contribution is 2.47. The lowest BCUT2D eigenvalue weighted by atomic mass is 9.83. The zero-order chi connectivity index (χ0) is 30.1. The van der Waals surface area contributed by atoms with Crippen LogP contribution >= 0.6 is 0 Å². The van der Waals surface area contributed by atoms with E-state index in [0.29, 0.717) is 30.2 Å². The van der Waals surface area contributed by atoms with Gasteiger partial charge in [0.25, 0.3) is 0 Å². The van der Waals surface area contributed by atoms with Gasteiger partial charge in [0.15, 0.2) is 11.5 Å². The summed E-state index contributed by atoms with van der Waals surface area (Å²) >= 11 is 0. The lowest BCUT2D eigenvalue weighted by Crippen LogP contribution is -2.45. The van der Waals surface area contributed by atoms with Gasteiger partial charge in [-0.05, 0) is 89.7 Å². The molecule has 3 aliphatic heterocycles. The van der Waals surface area contributed by atoms with Crippen LogP contribution in [0.1, 0.15) is 76.2 Å². The van der Waals surface area contributed by atoms with Gasteiger partial charge >= 0.3 is 5.97 Å². The van der Waals surface area contributed by atoms with Crippen molar-refractivity contribution in [1.29, 1.82) is 0 Å². The number of benzene rings is 1. The Labute approximate surface area is 251 Å². The molecule has 236 valence electrons. The number of hydrogen-bond donors (Lipinski definition) is 1. The highest BCUT2D eigenvalue weighted by molar-refractivity contribution is 5.79. The van der Waals surface area contributed by atoms with Crippen LogP contribution in [0.15, 0.2) is 12.1 Å². The first kappa shape index (κ1) is 32.4. The maximum absolute atomic E-state index is 13.8. The largest absolute Gasteiger partial charge is 0.493 e. The Morgan fingerprint density at radius 3 is 2.55 bits per heavy atom. The monoisotopic (exact) mass is 589 g/mol. The van der Waals surface area contributed by atoms with E-state index in [9.17, 15) is 14.7 Å². The third-order valence-corrected chi connectivity index (χ3v) is 8.96. The Kier molecular flexibility index (Phi) is 12.2. The van der Waals surface area contributed by atoms with E-state index in [4.69, 9.17) is 18.9 Å². The van der Waals surface area contributed by atoms with Crippen molar-refractivity contribution in [3.05, 3.63) is 17.7 Å². The number of rotatable bonds is 16. The number of nitrogens with zero attached hydrogens (tertiary/aromatic N) is 3. The van der Waals surface area contributed by atoms with E-state index < -0.39 is 11.9 Å². The molecular weight excluding hydrogens is 538 g/mol. The van der Waals surface area contributed by atoms with Crippen LogP contribution in [0, 0.1) is 5.92 Å². The Bertz CT molecular complexity index is 1030. The zero-order valence-corrected chi connectivity index (χ0v) is 26.0. The lowest BCUT2D eigenvalue weighted by molar-refractivity contribution is -0.144. The number of ether oxygens (including phenoxy) is 4. The van der Waals surface area contributed by atoms with Gasteiger partial charge in [0, 0.05) is 38.2 Å². The lowest BCUT2D eigenvalue weighted by Gasteiger charge is -2.31. The molecule has 0 radical (unpaired) electrons. The molecule has 1 amide bonds. The summed E-state index contributed by atoms with van der Waals surface area (Å²) in [5, 5.41) is 10.6. The SMILES string of the molecule is CCCCN(CCCCN(C)C)C(=O)CN1C[C@H](c2cc(OC)c3c(c2)OCO3)[C@@H](C(=O)O)[C@@H]1CCC1CCCCO1. The quantitative estimate of drug-likeness (QED) is 0.284. The van der Waals surface area contributed by atoms with Gasteiger partial charge in [0.05, 0.1) is 25.7 Å². The molecule has 1 aromatic rings. The van der Waals surface area contributed by atoms with E-state index in [2.05, 4.69) is 30.8 Å². The van der Waals surface area contributed by atoms with Crippen molar-refractivity contribution in [2.45, 2.75) is 82.8 Å². The fourth-order valence-electron chi connectivity index (χ4n) is 6.66. The zero-order valence-electron chi connectivity index (χ0n) is 26.0. The minimum absolute atomic E-state index is 0.0836. The van der Waals surface area contributed by atoms with Gasteiger partial charge in [-0.3, -0.25) is 14.5 Å². The number of carboxylic acid groups (broad SMARTS) is 1. The maximum Gasteiger partial charge on any atom is 0.308 e. The second-order valence-corrected chi connectivity index (χ2v) is 12.2. The molecule has 0 spiro atoms. The van der Waals surface area contributed by atoms with Gasteiger partial charge in [-0.25, -0.2) is 0 Å². The number of amides is 1. The van der Waals surface area contributed by atoms with Crippen LogP contribution in [0.5, 0.6) is 17.2 Å². The van der Waals surface area contributed by atoms with E-state index >= 15 is 0 Å². The van der Waals surface area contributed by atoms with Crippen LogP contribution in [-0.4, -0.2) is 111 Å². The van der Waals surface area contributed by atoms with Crippen molar-refractivity contribution in [2.24, 2.45) is 5.92 Å². The first-order valence-corrected chi connectivity index (χ1v) is 15.8. The summed E-state index contributed by atoms with van der Waals surface area (Å²) in [4.78, 5) is 33.0. The van der Waals surface area contributed by atoms with E-state index in [1.54, 1.807) is 7.11 Å². The molecule has 0 bridgehead atoms. The summed E-state index contributed by atoms with van der Waals surface area (Å²) in [6, 6.07) is 3.48. The molecule has 0 saturated carbocycles. The molecule has 0 aliphatic carbocycles. The van der Waals surface area contributed by atoms with Gasteiger partial charge in [-0.1, -0.05) is 13.3 Å². The third kappa shape index (κ3) is 8.29. The van der Waals surface area contributed by atoms with Gasteiger partial charge in [-0.15, -0.1) is 0 Å². The molecule has 10 heteroatoms. The van der Waals surface area contributed by atoms with Crippen molar-refractivity contribution >= 4 is 11.9 Å². The normalized spacial score (nSPS) is 23.8. The smallest absolute Gasteiger partial charge is 0.308 e. The Hall–Kier alpha value is -2.56. The third-order valence-electron chi connectivity index (χ3n) is 8.96. The van der Waals surface area contributed by atoms with E-state index in [0.717, 1.165) is 83.2 Å². The number of carboxylic acids is 1. The molecule has 1 aromatic carbocycles. The molecule has 1 N–H and O–H groups in total. The first-order valence-electron chi connectivity index (χ1n) is 15.8. The summed E-state index contributed by atoms with van der Waals surface area (Å²) in [6.45, 7) is 6.16. The molecule has 3 heterocycles. The van der Waals surface area contributed by atoms with Crippen LogP contribution in [0.25, 0.3) is 0 Å². The minimum atomic E-state index is -0.840. The second kappa shape index (κ2) is 15.8. The number of likely N-dealkylation sites (tertiary alicyclic amines) is 1. The average molecular weight is 590 g/mol. The molecule has 1 unspecified atom stereocenters. The molecule has 3 aliphatic rings. The Morgan fingerprint density at radius 1 is 1.07 bits per heavy atom. The van der Waals surface area contributed by atoms with Crippen molar-refractivity contribution in [1.82, 2.24) is 14.7 Å². The number of unbranched alkanes of at least 4 members (excludes halogenated alkanes) is 2. The molecule has 0 aromatic heterocycles. The molecule has 2 saturated heterocycles. The number of aliphatic carboxylic acids is 1. The van der Waals surface area contributed by atoms with Crippen molar-refractivity contribution in [3.8, 4) is 17.2 Å². The summed E-state index contributed by atoms with van der Waals surface area (Å²) in [5.74, 6) is -0.0957. The fourth-order valence-corrected chi connectivity index (χ4v) is 6.66. The topological polar surface area (TPSA) is 101 Å². The second-order valence-electron chi connectivity index (χ2n) is 12.2. The van der Waals surface area contributed by atoms with Crippen LogP contribution in [-0.2, 0) is 14.3 Å². The van der Waals surface area contributed by atoms with Gasteiger partial charge in [-0.2, -0.15) is 0 Å². The van der Waals surface area contributed by atoms with Crippen LogP contribution in [0.4, 0.5) is 0 Å². The predicted octanol–water partition coefficient (Wildman–Crippen LogP) is 4.21. The van der Waals surface area contributed by atoms with Gasteiger partial charge in [0.1, 0.15) is 0 Å². The summed E-state index contributed by atoms with van der Waals surface area (Å²) < 4.78 is 22.8. The van der Waals surface area contributed by atoms with Crippen molar-refractivity contribution in [2.75, 3.05) is 67.3 Å². The maximum atomic E-state index is 13.8. The Balaban J connectivity index is 1.56. The summed E-state index contributed by atoms with van der Waals surface area (Å²) in [6.07, 6.45) is 8.79. The number of methoxy groups -OCH3 is 1. The number of fused-ring (bicyclic) bond motifs is 1. The van der Waals surface area contributed by atoms with Crippen molar-refractivity contribution in [3.63, 3.8) is 0 Å². The highest BCUT2D eigenvalue weighted by Gasteiger charge is 2.47. The minimum Gasteiger partial charge on any atom is -0.493 e. The van der Waals surface area contributed by atoms with Crippen LogP contribution < -0.4 is 14.2 Å². The van der Waals surface area contributed by atoms with E-state index in [1.807, 2.05) is 17.0 Å². The van der Waals surface area contributed by atoms with Crippen molar-refractivity contribution < 1.29 is 33.6 Å². The summed E-state index contributed by atoms with van der Waals surface area (Å²) in [7, 11) is 5.71. The highest BCUT2D eigenvalue weighted by atomic mass is 16.7.